The molecule has 2 N–H and O–H groups in total. The van der Waals surface area contributed by atoms with Crippen LogP contribution in [-0.4, -0.2) is 33.6 Å². The third-order valence-electron chi connectivity index (χ3n) is 6.54. The average Bonchev–Trinajstić information content (AvgIpc) is 2.78. The summed E-state index contributed by atoms with van der Waals surface area (Å²) in [4.78, 5) is 31.1. The second-order valence-electron chi connectivity index (χ2n) is 9.70. The number of hydrogen-bond acceptors (Lipinski definition) is 5. The lowest BCUT2D eigenvalue weighted by atomic mass is 9.83. The number of rotatable bonds is 5. The molecular formula is C25H27F3N4O3. The minimum Gasteiger partial charge on any atom is -0.478 e. The third-order valence-corrected chi connectivity index (χ3v) is 6.54. The fraction of sp³-hybridized carbons (Fsp3) is 0.400. The molecule has 2 aromatic heterocycles. The van der Waals surface area contributed by atoms with Crippen molar-refractivity contribution in [2.75, 3.05) is 23.3 Å². The number of alkyl halides is 3. The van der Waals surface area contributed by atoms with E-state index < -0.39 is 29.3 Å². The molecule has 0 unspecified atom stereocenters. The molecule has 1 aliphatic heterocycles. The van der Waals surface area contributed by atoms with Crippen molar-refractivity contribution in [1.29, 1.82) is 0 Å². The Morgan fingerprint density at radius 3 is 2.46 bits per heavy atom. The van der Waals surface area contributed by atoms with Gasteiger partial charge in [-0.05, 0) is 43.4 Å². The topological polar surface area (TPSA) is 86.9 Å². The van der Waals surface area contributed by atoms with Crippen molar-refractivity contribution in [3.05, 3.63) is 69.6 Å². The van der Waals surface area contributed by atoms with Gasteiger partial charge in [0.2, 0.25) is 0 Å². The van der Waals surface area contributed by atoms with E-state index in [2.05, 4.69) is 24.1 Å². The zero-order valence-electron chi connectivity index (χ0n) is 19.7. The highest BCUT2D eigenvalue weighted by Gasteiger charge is 2.33. The summed E-state index contributed by atoms with van der Waals surface area (Å²) in [7, 11) is 0. The Morgan fingerprint density at radius 1 is 1.17 bits per heavy atom. The van der Waals surface area contributed by atoms with Crippen LogP contribution in [0.25, 0.3) is 5.65 Å². The minimum absolute atomic E-state index is 0.0163. The van der Waals surface area contributed by atoms with Gasteiger partial charge in [0, 0.05) is 36.6 Å². The third kappa shape index (κ3) is 5.11. The number of fused-ring (bicyclic) bond motifs is 1. The van der Waals surface area contributed by atoms with Crippen LogP contribution < -0.4 is 15.8 Å². The second kappa shape index (κ2) is 8.90. The molecule has 1 saturated heterocycles. The molecule has 7 nitrogen and oxygen atoms in total. The van der Waals surface area contributed by atoms with Crippen molar-refractivity contribution in [1.82, 2.24) is 9.38 Å². The van der Waals surface area contributed by atoms with Crippen LogP contribution in [0.4, 0.5) is 24.7 Å². The zero-order valence-corrected chi connectivity index (χ0v) is 19.7. The van der Waals surface area contributed by atoms with Crippen LogP contribution in [-0.2, 0) is 6.18 Å². The Morgan fingerprint density at radius 2 is 1.83 bits per heavy atom. The molecule has 0 amide bonds. The number of benzene rings is 1. The number of piperidine rings is 1. The quantitative estimate of drug-likeness (QED) is 0.513. The van der Waals surface area contributed by atoms with Gasteiger partial charge in [0.25, 0.3) is 5.56 Å². The smallest absolute Gasteiger partial charge is 0.417 e. The van der Waals surface area contributed by atoms with Crippen LogP contribution in [0.1, 0.15) is 61.1 Å². The molecule has 0 spiro atoms. The van der Waals surface area contributed by atoms with Gasteiger partial charge < -0.3 is 15.3 Å². The number of carboxylic acids is 1. The van der Waals surface area contributed by atoms with Gasteiger partial charge in [-0.15, -0.1) is 0 Å². The molecule has 0 saturated carbocycles. The molecule has 4 rings (SSSR count). The Bertz CT molecular complexity index is 1320. The van der Waals surface area contributed by atoms with Gasteiger partial charge in [-0.1, -0.05) is 26.0 Å². The van der Waals surface area contributed by atoms with Crippen LogP contribution >= 0.6 is 0 Å². The van der Waals surface area contributed by atoms with E-state index in [-0.39, 0.29) is 27.9 Å². The first-order chi connectivity index (χ1) is 16.4. The molecule has 10 heteroatoms. The summed E-state index contributed by atoms with van der Waals surface area (Å²) in [5.74, 6) is -0.747. The number of aromatic carboxylic acids is 1. The van der Waals surface area contributed by atoms with E-state index in [1.165, 1.54) is 18.2 Å². The summed E-state index contributed by atoms with van der Waals surface area (Å²) < 4.78 is 42.0. The van der Waals surface area contributed by atoms with Gasteiger partial charge in [0.15, 0.2) is 0 Å². The van der Waals surface area contributed by atoms with Crippen molar-refractivity contribution in [2.24, 2.45) is 5.41 Å². The summed E-state index contributed by atoms with van der Waals surface area (Å²) in [6.45, 7) is 7.32. The number of hydrogen-bond donors (Lipinski definition) is 2. The first kappa shape index (κ1) is 24.6. The second-order valence-corrected chi connectivity index (χ2v) is 9.70. The van der Waals surface area contributed by atoms with Gasteiger partial charge in [0.1, 0.15) is 11.5 Å². The number of pyridine rings is 1. The lowest BCUT2D eigenvalue weighted by Crippen LogP contribution is -2.38. The molecule has 186 valence electrons. The summed E-state index contributed by atoms with van der Waals surface area (Å²) >= 11 is 0. The molecule has 3 heterocycles. The fourth-order valence-corrected chi connectivity index (χ4v) is 4.30. The van der Waals surface area contributed by atoms with Gasteiger partial charge in [-0.3, -0.25) is 9.20 Å². The number of nitrogens with zero attached hydrogens (tertiary/aromatic N) is 3. The number of carbonyl (C=O) groups is 1. The molecule has 0 aliphatic carbocycles. The summed E-state index contributed by atoms with van der Waals surface area (Å²) in [5, 5.41) is 12.5. The van der Waals surface area contributed by atoms with Crippen molar-refractivity contribution >= 4 is 23.1 Å². The van der Waals surface area contributed by atoms with Crippen molar-refractivity contribution in [3.8, 4) is 0 Å². The van der Waals surface area contributed by atoms with E-state index in [0.717, 1.165) is 29.5 Å². The average molecular weight is 489 g/mol. The van der Waals surface area contributed by atoms with E-state index in [1.807, 2.05) is 4.90 Å². The Kier molecular flexibility index (Phi) is 6.25. The van der Waals surface area contributed by atoms with Crippen LogP contribution in [0.3, 0.4) is 0 Å². The van der Waals surface area contributed by atoms with E-state index in [9.17, 15) is 27.9 Å². The summed E-state index contributed by atoms with van der Waals surface area (Å²) in [6, 6.07) is 7.59. The molecule has 0 radical (unpaired) electrons. The standard InChI is InChI=1S/C25H27F3N4O3/c1-15(29-19-7-5-4-6-17(19)23(34)35)18-12-16(25(26,27)28)14-32-21(33)13-20(30-22(18)32)31-10-8-24(2,3)9-11-31/h4-7,12-15,29H,8-11H2,1-3H3,(H,34,35)/t15-/m1/s1. The lowest BCUT2D eigenvalue weighted by Gasteiger charge is -2.37. The molecular weight excluding hydrogens is 461 g/mol. The Balaban J connectivity index is 1.83. The highest BCUT2D eigenvalue weighted by atomic mass is 19.4. The summed E-state index contributed by atoms with van der Waals surface area (Å²) in [6.07, 6.45) is -2.12. The first-order valence-electron chi connectivity index (χ1n) is 11.3. The maximum Gasteiger partial charge on any atom is 0.417 e. The molecule has 0 bridgehead atoms. The van der Waals surface area contributed by atoms with E-state index in [0.29, 0.717) is 18.9 Å². The predicted octanol–water partition coefficient (Wildman–Crippen LogP) is 5.21. The van der Waals surface area contributed by atoms with Crippen LogP contribution in [0, 0.1) is 5.41 Å². The van der Waals surface area contributed by atoms with Crippen molar-refractivity contribution in [3.63, 3.8) is 0 Å². The van der Waals surface area contributed by atoms with E-state index in [4.69, 9.17) is 0 Å². The highest BCUT2D eigenvalue weighted by molar-refractivity contribution is 5.94. The van der Waals surface area contributed by atoms with E-state index >= 15 is 0 Å². The Labute approximate surface area is 200 Å². The lowest BCUT2D eigenvalue weighted by molar-refractivity contribution is -0.137. The largest absolute Gasteiger partial charge is 0.478 e. The van der Waals surface area contributed by atoms with Crippen LogP contribution in [0.15, 0.2) is 47.4 Å². The van der Waals surface area contributed by atoms with Crippen LogP contribution in [0.5, 0.6) is 0 Å². The number of halogens is 3. The molecule has 3 aromatic rings. The zero-order chi connectivity index (χ0) is 25.5. The number of nitrogens with one attached hydrogen (secondary N) is 1. The molecule has 1 aromatic carbocycles. The Hall–Kier alpha value is -3.56. The van der Waals surface area contributed by atoms with Gasteiger partial charge in [-0.2, -0.15) is 13.2 Å². The normalized spacial score (nSPS) is 16.8. The number of para-hydroxylation sites is 1. The van der Waals surface area contributed by atoms with E-state index in [1.54, 1.807) is 19.1 Å². The summed E-state index contributed by atoms with van der Waals surface area (Å²) in [5.41, 5.74) is -0.964. The predicted molar refractivity (Wildman–Crippen MR) is 127 cm³/mol. The molecule has 1 aliphatic rings. The molecule has 1 atom stereocenters. The SMILES string of the molecule is C[C@@H](Nc1ccccc1C(=O)O)c1cc(C(F)(F)F)cn2c(=O)cc(N3CCC(C)(C)CC3)nc12. The van der Waals surface area contributed by atoms with Gasteiger partial charge in [0.05, 0.1) is 17.2 Å². The van der Waals surface area contributed by atoms with Gasteiger partial charge in [-0.25, -0.2) is 9.78 Å². The maximum atomic E-state index is 13.7. The van der Waals surface area contributed by atoms with Crippen molar-refractivity contribution in [2.45, 2.75) is 45.8 Å². The number of aromatic nitrogens is 2. The number of carboxylic acid groups (broad SMARTS) is 1. The number of anilines is 2. The molecule has 35 heavy (non-hydrogen) atoms. The van der Waals surface area contributed by atoms with Crippen molar-refractivity contribution < 1.29 is 23.1 Å². The monoisotopic (exact) mass is 488 g/mol. The fourth-order valence-electron chi connectivity index (χ4n) is 4.30. The van der Waals surface area contributed by atoms with Gasteiger partial charge >= 0.3 is 12.1 Å². The van der Waals surface area contributed by atoms with Crippen LogP contribution in [0.2, 0.25) is 0 Å². The minimum atomic E-state index is -4.68. The molecule has 1 fully saturated rings. The maximum absolute atomic E-state index is 13.7. The first-order valence-corrected chi connectivity index (χ1v) is 11.3. The highest BCUT2D eigenvalue weighted by Crippen LogP contribution is 2.35.